The lowest BCUT2D eigenvalue weighted by molar-refractivity contribution is -0.140. The first-order valence-electron chi connectivity index (χ1n) is 7.69. The van der Waals surface area contributed by atoms with Crippen molar-refractivity contribution >= 4 is 5.91 Å². The highest BCUT2D eigenvalue weighted by atomic mass is 16.5. The molecular weight excluding hydrogens is 258 g/mol. The zero-order chi connectivity index (χ0) is 14.4. The van der Waals surface area contributed by atoms with Crippen LogP contribution in [-0.2, 0) is 14.3 Å². The third-order valence-corrected chi connectivity index (χ3v) is 4.55. The van der Waals surface area contributed by atoms with Gasteiger partial charge in [0.05, 0.1) is 19.3 Å². The zero-order valence-corrected chi connectivity index (χ0v) is 12.5. The molecule has 0 aromatic heterocycles. The van der Waals surface area contributed by atoms with Crippen LogP contribution in [0.2, 0.25) is 0 Å². The van der Waals surface area contributed by atoms with Crippen LogP contribution in [0.5, 0.6) is 0 Å². The number of hydrogen-bond acceptors (Lipinski definition) is 4. The Morgan fingerprint density at radius 3 is 2.75 bits per heavy atom. The van der Waals surface area contributed by atoms with E-state index in [9.17, 15) is 9.90 Å². The molecule has 1 N–H and O–H groups in total. The molecule has 1 saturated carbocycles. The molecule has 2 aliphatic rings. The maximum atomic E-state index is 12.0. The Balaban J connectivity index is 1.63. The van der Waals surface area contributed by atoms with Gasteiger partial charge in [-0.25, -0.2) is 0 Å². The Morgan fingerprint density at radius 2 is 2.20 bits per heavy atom. The predicted molar refractivity (Wildman–Crippen MR) is 75.4 cm³/mol. The van der Waals surface area contributed by atoms with Gasteiger partial charge in [-0.05, 0) is 32.1 Å². The molecule has 2 fully saturated rings. The highest BCUT2D eigenvalue weighted by molar-refractivity contribution is 5.77. The van der Waals surface area contributed by atoms with Gasteiger partial charge in [0.25, 0.3) is 0 Å². The van der Waals surface area contributed by atoms with Crippen LogP contribution >= 0.6 is 0 Å². The van der Waals surface area contributed by atoms with E-state index in [2.05, 4.69) is 0 Å². The van der Waals surface area contributed by atoms with Gasteiger partial charge in [0.15, 0.2) is 0 Å². The number of likely N-dealkylation sites (N-methyl/N-ethyl adjacent to an activating group) is 1. The van der Waals surface area contributed by atoms with Crippen molar-refractivity contribution in [3.8, 4) is 0 Å². The second kappa shape index (κ2) is 7.38. The van der Waals surface area contributed by atoms with Crippen LogP contribution in [0.4, 0.5) is 0 Å². The lowest BCUT2D eigenvalue weighted by atomic mass is 9.69. The maximum absolute atomic E-state index is 12.0. The topological polar surface area (TPSA) is 59.0 Å². The SMILES string of the molecule is CN(CC1(CO)CCC1)C(=O)COCC1CCCCO1. The van der Waals surface area contributed by atoms with Crippen LogP contribution in [0.15, 0.2) is 0 Å². The Hall–Kier alpha value is -0.650. The molecule has 5 nitrogen and oxygen atoms in total. The first-order valence-corrected chi connectivity index (χ1v) is 7.69. The summed E-state index contributed by atoms with van der Waals surface area (Å²) in [6, 6.07) is 0. The second-order valence-electron chi connectivity index (χ2n) is 6.27. The minimum Gasteiger partial charge on any atom is -0.396 e. The van der Waals surface area contributed by atoms with Crippen molar-refractivity contribution in [3.05, 3.63) is 0 Å². The summed E-state index contributed by atoms with van der Waals surface area (Å²) in [5.41, 5.74) is -0.0586. The van der Waals surface area contributed by atoms with E-state index in [-0.39, 0.29) is 30.6 Å². The summed E-state index contributed by atoms with van der Waals surface area (Å²) in [4.78, 5) is 13.7. The van der Waals surface area contributed by atoms with Crippen molar-refractivity contribution < 1.29 is 19.4 Å². The number of nitrogens with zero attached hydrogens (tertiary/aromatic N) is 1. The maximum Gasteiger partial charge on any atom is 0.248 e. The number of rotatable bonds is 7. The van der Waals surface area contributed by atoms with Crippen molar-refractivity contribution in [1.82, 2.24) is 4.90 Å². The molecule has 5 heteroatoms. The van der Waals surface area contributed by atoms with Crippen LogP contribution in [0.25, 0.3) is 0 Å². The molecule has 0 radical (unpaired) electrons. The van der Waals surface area contributed by atoms with Crippen molar-refractivity contribution in [2.24, 2.45) is 5.41 Å². The van der Waals surface area contributed by atoms with E-state index in [1.165, 1.54) is 6.42 Å². The van der Waals surface area contributed by atoms with Crippen LogP contribution in [0, 0.1) is 5.41 Å². The molecule has 1 saturated heterocycles. The van der Waals surface area contributed by atoms with E-state index >= 15 is 0 Å². The third-order valence-electron chi connectivity index (χ3n) is 4.55. The predicted octanol–water partition coefficient (Wildman–Crippen LogP) is 1.19. The number of carbonyl (C=O) groups excluding carboxylic acids is 1. The summed E-state index contributed by atoms with van der Waals surface area (Å²) >= 11 is 0. The number of hydrogen-bond donors (Lipinski definition) is 1. The molecule has 1 amide bonds. The van der Waals surface area contributed by atoms with Crippen LogP contribution in [-0.4, -0.2) is 62.0 Å². The van der Waals surface area contributed by atoms with Gasteiger partial charge in [0.2, 0.25) is 5.91 Å². The van der Waals surface area contributed by atoms with Crippen molar-refractivity contribution in [3.63, 3.8) is 0 Å². The molecule has 20 heavy (non-hydrogen) atoms. The molecule has 116 valence electrons. The van der Waals surface area contributed by atoms with Gasteiger partial charge in [-0.2, -0.15) is 0 Å². The monoisotopic (exact) mass is 285 g/mol. The smallest absolute Gasteiger partial charge is 0.248 e. The molecule has 1 atom stereocenters. The summed E-state index contributed by atoms with van der Waals surface area (Å²) in [5.74, 6) is -0.0134. The molecule has 0 spiro atoms. The Kier molecular flexibility index (Phi) is 5.81. The second-order valence-corrected chi connectivity index (χ2v) is 6.27. The van der Waals surface area contributed by atoms with E-state index in [1.54, 1.807) is 11.9 Å². The van der Waals surface area contributed by atoms with Crippen LogP contribution in [0.1, 0.15) is 38.5 Å². The normalized spacial score (nSPS) is 25.0. The quantitative estimate of drug-likeness (QED) is 0.763. The summed E-state index contributed by atoms with van der Waals surface area (Å²) in [6.07, 6.45) is 6.66. The van der Waals surface area contributed by atoms with E-state index in [4.69, 9.17) is 9.47 Å². The van der Waals surface area contributed by atoms with Gasteiger partial charge >= 0.3 is 0 Å². The minimum absolute atomic E-state index is 0.0134. The standard InChI is InChI=1S/C15H27NO4/c1-16(11-15(12-17)6-4-7-15)14(18)10-19-9-13-5-2-3-8-20-13/h13,17H,2-12H2,1H3. The zero-order valence-electron chi connectivity index (χ0n) is 12.5. The number of carbonyl (C=O) groups is 1. The highest BCUT2D eigenvalue weighted by Gasteiger charge is 2.38. The fourth-order valence-electron chi connectivity index (χ4n) is 2.96. The van der Waals surface area contributed by atoms with Crippen LogP contribution < -0.4 is 0 Å². The lowest BCUT2D eigenvalue weighted by Crippen LogP contribution is -2.46. The molecule has 2 rings (SSSR count). The van der Waals surface area contributed by atoms with Crippen molar-refractivity contribution in [1.29, 1.82) is 0 Å². The molecule has 0 aromatic carbocycles. The van der Waals surface area contributed by atoms with Crippen molar-refractivity contribution in [2.75, 3.05) is 40.0 Å². The van der Waals surface area contributed by atoms with Crippen LogP contribution in [0.3, 0.4) is 0 Å². The Bertz CT molecular complexity index is 305. The molecule has 0 bridgehead atoms. The first-order chi connectivity index (χ1) is 9.65. The number of aliphatic hydroxyl groups is 1. The van der Waals surface area contributed by atoms with E-state index in [1.807, 2.05) is 0 Å². The largest absolute Gasteiger partial charge is 0.396 e. The van der Waals surface area contributed by atoms with Gasteiger partial charge in [0, 0.05) is 25.6 Å². The summed E-state index contributed by atoms with van der Waals surface area (Å²) in [7, 11) is 1.79. The Morgan fingerprint density at radius 1 is 1.40 bits per heavy atom. The van der Waals surface area contributed by atoms with E-state index < -0.39 is 0 Å². The summed E-state index contributed by atoms with van der Waals surface area (Å²) in [6.45, 7) is 2.22. The van der Waals surface area contributed by atoms with E-state index in [0.717, 1.165) is 38.7 Å². The van der Waals surface area contributed by atoms with Gasteiger partial charge in [-0.1, -0.05) is 6.42 Å². The van der Waals surface area contributed by atoms with Crippen molar-refractivity contribution in [2.45, 2.75) is 44.6 Å². The average molecular weight is 285 g/mol. The molecule has 0 aromatic rings. The van der Waals surface area contributed by atoms with E-state index in [0.29, 0.717) is 13.2 Å². The fourth-order valence-corrected chi connectivity index (χ4v) is 2.96. The minimum atomic E-state index is -0.0586. The number of amides is 1. The average Bonchev–Trinajstić information content (AvgIpc) is 2.43. The van der Waals surface area contributed by atoms with Gasteiger partial charge in [0.1, 0.15) is 6.61 Å². The third kappa shape index (κ3) is 4.17. The highest BCUT2D eigenvalue weighted by Crippen LogP contribution is 2.40. The molecule has 1 aliphatic heterocycles. The number of aliphatic hydroxyl groups excluding tert-OH is 1. The molecule has 1 aliphatic carbocycles. The lowest BCUT2D eigenvalue weighted by Gasteiger charge is -2.42. The summed E-state index contributed by atoms with van der Waals surface area (Å²) in [5, 5.41) is 9.43. The van der Waals surface area contributed by atoms with Gasteiger partial charge in [-0.15, -0.1) is 0 Å². The number of ether oxygens (including phenoxy) is 2. The molecule has 1 heterocycles. The Labute approximate surface area is 121 Å². The molecule has 1 unspecified atom stereocenters. The first kappa shape index (κ1) is 15.7. The fraction of sp³-hybridized carbons (Fsp3) is 0.933. The molecular formula is C15H27NO4. The van der Waals surface area contributed by atoms with Gasteiger partial charge in [-0.3, -0.25) is 4.79 Å². The van der Waals surface area contributed by atoms with Gasteiger partial charge < -0.3 is 19.5 Å². The summed E-state index contributed by atoms with van der Waals surface area (Å²) < 4.78 is 11.0.